The number of nitrogens with one attached hydrogen (secondary N) is 1. The quantitative estimate of drug-likeness (QED) is 0.400. The van der Waals surface area contributed by atoms with Crippen molar-refractivity contribution < 1.29 is 32.3 Å². The minimum absolute atomic E-state index is 0.0356. The zero-order valence-corrected chi connectivity index (χ0v) is 17.1. The highest BCUT2D eigenvalue weighted by molar-refractivity contribution is 5.30. The Labute approximate surface area is 185 Å². The van der Waals surface area contributed by atoms with E-state index in [-0.39, 0.29) is 30.2 Å². The maximum Gasteiger partial charge on any atom is 0.573 e. The first-order chi connectivity index (χ1) is 15.7. The van der Waals surface area contributed by atoms with Gasteiger partial charge < -0.3 is 29.6 Å². The molecule has 2 heterocycles. The Bertz CT molecular complexity index is 1100. The average Bonchev–Trinajstić information content (AvgIpc) is 3.21. The fourth-order valence-electron chi connectivity index (χ4n) is 3.23. The monoisotopic (exact) mass is 464 g/mol. The van der Waals surface area contributed by atoms with Gasteiger partial charge in [0.05, 0.1) is 6.04 Å². The van der Waals surface area contributed by atoms with Gasteiger partial charge in [0.1, 0.15) is 30.9 Å². The minimum Gasteiger partial charge on any atom is -0.489 e. The van der Waals surface area contributed by atoms with Crippen LogP contribution < -0.4 is 19.5 Å². The number of nitro groups is 1. The number of hydrogen-bond donors (Lipinski definition) is 1. The van der Waals surface area contributed by atoms with E-state index in [1.54, 1.807) is 16.7 Å². The van der Waals surface area contributed by atoms with Gasteiger partial charge in [-0.05, 0) is 40.3 Å². The molecule has 174 valence electrons. The molecule has 3 aromatic rings. The molecular formula is C21H19F3N4O5. The van der Waals surface area contributed by atoms with Gasteiger partial charge in [-0.1, -0.05) is 24.3 Å². The van der Waals surface area contributed by atoms with Crippen molar-refractivity contribution >= 4 is 5.82 Å². The van der Waals surface area contributed by atoms with Crippen LogP contribution in [0.25, 0.3) is 0 Å². The van der Waals surface area contributed by atoms with Gasteiger partial charge in [0.25, 0.3) is 0 Å². The van der Waals surface area contributed by atoms with Crippen LogP contribution in [0.4, 0.5) is 19.0 Å². The van der Waals surface area contributed by atoms with E-state index in [4.69, 9.17) is 9.47 Å². The van der Waals surface area contributed by atoms with Crippen molar-refractivity contribution in [1.29, 1.82) is 0 Å². The molecule has 1 atom stereocenters. The molecule has 0 saturated carbocycles. The normalized spacial score (nSPS) is 15.4. The zero-order chi connectivity index (χ0) is 23.4. The molecule has 1 aliphatic rings. The summed E-state index contributed by atoms with van der Waals surface area (Å²) in [5, 5.41) is 14.2. The summed E-state index contributed by atoms with van der Waals surface area (Å²) in [6.45, 7) is 1.61. The van der Waals surface area contributed by atoms with Gasteiger partial charge in [-0.2, -0.15) is 0 Å². The third kappa shape index (κ3) is 6.13. The number of nitrogens with zero attached hydrogens (tertiary/aromatic N) is 3. The number of hydrogen-bond acceptors (Lipinski definition) is 7. The van der Waals surface area contributed by atoms with Crippen molar-refractivity contribution in [3.8, 4) is 17.5 Å². The first-order valence-corrected chi connectivity index (χ1v) is 9.89. The van der Waals surface area contributed by atoms with Gasteiger partial charge in [-0.25, -0.2) is 0 Å². The van der Waals surface area contributed by atoms with E-state index < -0.39 is 11.3 Å². The van der Waals surface area contributed by atoms with Crippen LogP contribution in [-0.2, 0) is 19.7 Å². The number of alkyl halides is 3. The second-order valence-corrected chi connectivity index (χ2v) is 7.30. The molecule has 0 unspecified atom stereocenters. The van der Waals surface area contributed by atoms with E-state index >= 15 is 0 Å². The fraction of sp³-hybridized carbons (Fsp3) is 0.286. The summed E-state index contributed by atoms with van der Waals surface area (Å²) in [6.07, 6.45) is -3.37. The molecule has 2 aromatic carbocycles. The molecule has 0 fully saturated rings. The summed E-state index contributed by atoms with van der Waals surface area (Å²) in [5.74, 6) is 0.0894. The van der Waals surface area contributed by atoms with Gasteiger partial charge in [0.15, 0.2) is 0 Å². The first kappa shape index (κ1) is 22.4. The van der Waals surface area contributed by atoms with Crippen LogP contribution in [0.5, 0.6) is 17.5 Å². The third-order valence-electron chi connectivity index (χ3n) is 4.83. The van der Waals surface area contributed by atoms with Gasteiger partial charge in [-0.3, -0.25) is 4.57 Å². The molecule has 0 spiro atoms. The molecule has 0 bridgehead atoms. The lowest BCUT2D eigenvalue weighted by molar-refractivity contribution is -0.389. The molecular weight excluding hydrogens is 445 g/mol. The summed E-state index contributed by atoms with van der Waals surface area (Å²) in [7, 11) is 0. The summed E-state index contributed by atoms with van der Waals surface area (Å²) >= 11 is 0. The van der Waals surface area contributed by atoms with Gasteiger partial charge in [0.2, 0.25) is 0 Å². The molecule has 1 aromatic heterocycles. The second-order valence-electron chi connectivity index (χ2n) is 7.30. The number of halogens is 3. The maximum atomic E-state index is 12.2. The SMILES string of the molecule is O=[N+]([O-])c1cn2c(n1)OC[C@@H](NCc1ccc(OCc3ccc(OC(F)(F)F)cc3)cc1)C2. The molecule has 0 saturated heterocycles. The van der Waals surface area contributed by atoms with E-state index in [2.05, 4.69) is 15.0 Å². The van der Waals surface area contributed by atoms with Crippen molar-refractivity contribution in [2.75, 3.05) is 6.61 Å². The molecule has 0 aliphatic carbocycles. The highest BCUT2D eigenvalue weighted by Gasteiger charge is 2.31. The van der Waals surface area contributed by atoms with Crippen LogP contribution in [0.2, 0.25) is 0 Å². The summed E-state index contributed by atoms with van der Waals surface area (Å²) < 4.78 is 53.2. The van der Waals surface area contributed by atoms with Crippen molar-refractivity contribution in [3.63, 3.8) is 0 Å². The summed E-state index contributed by atoms with van der Waals surface area (Å²) in [6, 6.07) is 13.1. The Hall–Kier alpha value is -3.80. The number of aromatic nitrogens is 2. The number of fused-ring (bicyclic) bond motifs is 1. The molecule has 12 heteroatoms. The van der Waals surface area contributed by atoms with Crippen molar-refractivity contribution in [2.45, 2.75) is 32.1 Å². The second kappa shape index (κ2) is 9.36. The highest BCUT2D eigenvalue weighted by atomic mass is 19.4. The Morgan fingerprint density at radius 2 is 1.79 bits per heavy atom. The molecule has 1 aliphatic heterocycles. The molecule has 33 heavy (non-hydrogen) atoms. The standard InChI is InChI=1S/C21H19F3N4O5/c22-21(23,24)33-18-7-3-15(4-8-18)12-31-17-5-1-14(2-6-17)9-25-16-10-27-11-19(28(29)30)26-20(27)32-13-16/h1-8,11,16,25H,9-10,12-13H2/t16-/m0/s1. The fourth-order valence-corrected chi connectivity index (χ4v) is 3.23. The molecule has 1 N–H and O–H groups in total. The molecule has 0 amide bonds. The van der Waals surface area contributed by atoms with Gasteiger partial charge >= 0.3 is 18.2 Å². The zero-order valence-electron chi connectivity index (χ0n) is 17.1. The summed E-state index contributed by atoms with van der Waals surface area (Å²) in [5.41, 5.74) is 1.70. The lowest BCUT2D eigenvalue weighted by Gasteiger charge is -2.23. The Morgan fingerprint density at radius 3 is 2.45 bits per heavy atom. The van der Waals surface area contributed by atoms with Crippen LogP contribution in [0, 0.1) is 10.1 Å². The summed E-state index contributed by atoms with van der Waals surface area (Å²) in [4.78, 5) is 14.1. The van der Waals surface area contributed by atoms with Crippen LogP contribution >= 0.6 is 0 Å². The van der Waals surface area contributed by atoms with Crippen molar-refractivity contribution in [2.24, 2.45) is 0 Å². The largest absolute Gasteiger partial charge is 0.573 e. The predicted octanol–water partition coefficient (Wildman–Crippen LogP) is 3.82. The predicted molar refractivity (Wildman–Crippen MR) is 109 cm³/mol. The molecule has 4 rings (SSSR count). The average molecular weight is 464 g/mol. The molecule has 0 radical (unpaired) electrons. The Morgan fingerprint density at radius 1 is 1.12 bits per heavy atom. The Balaban J connectivity index is 1.24. The van der Waals surface area contributed by atoms with E-state index in [1.165, 1.54) is 30.5 Å². The van der Waals surface area contributed by atoms with Crippen LogP contribution in [0.3, 0.4) is 0 Å². The van der Waals surface area contributed by atoms with E-state index in [0.717, 1.165) is 5.56 Å². The maximum absolute atomic E-state index is 12.2. The number of imidazole rings is 1. The minimum atomic E-state index is -4.72. The van der Waals surface area contributed by atoms with Crippen LogP contribution in [0.1, 0.15) is 11.1 Å². The Kier molecular flexibility index (Phi) is 6.36. The van der Waals surface area contributed by atoms with Crippen molar-refractivity contribution in [1.82, 2.24) is 14.9 Å². The highest BCUT2D eigenvalue weighted by Crippen LogP contribution is 2.24. The van der Waals surface area contributed by atoms with E-state index in [9.17, 15) is 23.3 Å². The smallest absolute Gasteiger partial charge is 0.489 e. The first-order valence-electron chi connectivity index (χ1n) is 9.89. The number of rotatable bonds is 8. The van der Waals surface area contributed by atoms with Crippen molar-refractivity contribution in [3.05, 3.63) is 76.0 Å². The third-order valence-corrected chi connectivity index (χ3v) is 4.83. The van der Waals surface area contributed by atoms with Crippen LogP contribution in [-0.4, -0.2) is 33.5 Å². The van der Waals surface area contributed by atoms with Gasteiger partial charge in [0, 0.05) is 18.1 Å². The van der Waals surface area contributed by atoms with E-state index in [0.29, 0.717) is 31.0 Å². The lowest BCUT2D eigenvalue weighted by Crippen LogP contribution is -2.41. The number of ether oxygens (including phenoxy) is 3. The number of benzene rings is 2. The van der Waals surface area contributed by atoms with E-state index in [1.807, 2.05) is 12.1 Å². The molecule has 9 nitrogen and oxygen atoms in total. The van der Waals surface area contributed by atoms with Gasteiger partial charge in [-0.15, -0.1) is 13.2 Å². The lowest BCUT2D eigenvalue weighted by atomic mass is 10.2. The van der Waals surface area contributed by atoms with Crippen LogP contribution in [0.15, 0.2) is 54.7 Å². The topological polar surface area (TPSA) is 101 Å².